The summed E-state index contributed by atoms with van der Waals surface area (Å²) < 4.78 is 25.5. The molecule has 1 aliphatic rings. The number of benzene rings is 1. The molecule has 0 saturated carbocycles. The van der Waals surface area contributed by atoms with E-state index in [0.717, 1.165) is 0 Å². The first-order chi connectivity index (χ1) is 10.9. The topological polar surface area (TPSA) is 61.4 Å². The van der Waals surface area contributed by atoms with Gasteiger partial charge in [0, 0.05) is 37.5 Å². The van der Waals surface area contributed by atoms with Gasteiger partial charge in [0.05, 0.1) is 10.7 Å². The van der Waals surface area contributed by atoms with Crippen LogP contribution in [0.15, 0.2) is 18.2 Å². The largest absolute Gasteiger partial charge is 0.343 e. The number of amides is 3. The lowest BCUT2D eigenvalue weighted by atomic mass is 10.1. The predicted molar refractivity (Wildman–Crippen MR) is 83.8 cm³/mol. The van der Waals surface area contributed by atoms with Crippen LogP contribution in [0.25, 0.3) is 0 Å². The van der Waals surface area contributed by atoms with Crippen LogP contribution in [-0.2, 0) is 4.79 Å². The number of anilines is 1. The van der Waals surface area contributed by atoms with Gasteiger partial charge in [0.2, 0.25) is 5.91 Å². The minimum absolute atomic E-state index is 0.0519. The first kappa shape index (κ1) is 17.5. The minimum atomic E-state index is -2.71. The van der Waals surface area contributed by atoms with Crippen LogP contribution in [0.1, 0.15) is 25.3 Å². The molecule has 0 bridgehead atoms. The maximum absolute atomic E-state index is 12.8. The Morgan fingerprint density at radius 1 is 1.48 bits per heavy atom. The number of hydrogen-bond donors (Lipinski definition) is 2. The number of carbonyl (C=O) groups excluding carboxylic acids is 2. The molecule has 1 saturated heterocycles. The molecule has 126 valence electrons. The van der Waals surface area contributed by atoms with Crippen molar-refractivity contribution < 1.29 is 18.4 Å². The molecule has 2 rings (SSSR count). The Hall–Kier alpha value is -1.89. The highest BCUT2D eigenvalue weighted by molar-refractivity contribution is 6.34. The quantitative estimate of drug-likeness (QED) is 0.860. The summed E-state index contributed by atoms with van der Waals surface area (Å²) in [6.07, 6.45) is -2.31. The normalized spacial score (nSPS) is 17.7. The molecule has 0 radical (unpaired) electrons. The second kappa shape index (κ2) is 7.59. The molecule has 3 amide bonds. The van der Waals surface area contributed by atoms with Gasteiger partial charge in [-0.15, -0.1) is 0 Å². The van der Waals surface area contributed by atoms with Crippen molar-refractivity contribution >= 4 is 29.2 Å². The molecule has 0 aromatic heterocycles. The SMILES string of the molecule is CCN1CC(CNC(=O)Nc2cccc(C(F)F)c2Cl)CC1=O. The molecule has 1 unspecified atom stereocenters. The van der Waals surface area contributed by atoms with Crippen molar-refractivity contribution in [2.75, 3.05) is 25.0 Å². The molecule has 1 heterocycles. The molecule has 0 spiro atoms. The monoisotopic (exact) mass is 345 g/mol. The van der Waals surface area contributed by atoms with Gasteiger partial charge in [-0.1, -0.05) is 23.7 Å². The van der Waals surface area contributed by atoms with Gasteiger partial charge < -0.3 is 15.5 Å². The van der Waals surface area contributed by atoms with E-state index in [9.17, 15) is 18.4 Å². The zero-order valence-corrected chi connectivity index (χ0v) is 13.4. The Kier molecular flexibility index (Phi) is 5.76. The third-order valence-corrected chi connectivity index (χ3v) is 4.16. The lowest BCUT2D eigenvalue weighted by Gasteiger charge is -2.15. The zero-order valence-electron chi connectivity index (χ0n) is 12.6. The molecular weight excluding hydrogens is 328 g/mol. The molecule has 8 heteroatoms. The summed E-state index contributed by atoms with van der Waals surface area (Å²) in [6, 6.07) is 3.52. The number of nitrogens with zero attached hydrogens (tertiary/aromatic N) is 1. The summed E-state index contributed by atoms with van der Waals surface area (Å²) in [5.41, 5.74) is -0.205. The van der Waals surface area contributed by atoms with E-state index >= 15 is 0 Å². The fraction of sp³-hybridized carbons (Fsp3) is 0.467. The number of rotatable bonds is 5. The van der Waals surface area contributed by atoms with Gasteiger partial charge in [0.1, 0.15) is 0 Å². The summed E-state index contributed by atoms with van der Waals surface area (Å²) in [5.74, 6) is 0.128. The van der Waals surface area contributed by atoms with Gasteiger partial charge in [0.15, 0.2) is 0 Å². The lowest BCUT2D eigenvalue weighted by Crippen LogP contribution is -2.34. The molecule has 1 aromatic rings. The van der Waals surface area contributed by atoms with Crippen molar-refractivity contribution in [3.63, 3.8) is 0 Å². The number of carbonyl (C=O) groups is 2. The van der Waals surface area contributed by atoms with Crippen LogP contribution in [0.4, 0.5) is 19.3 Å². The number of nitrogens with one attached hydrogen (secondary N) is 2. The third-order valence-electron chi connectivity index (χ3n) is 3.74. The Labute approximate surface area is 138 Å². The fourth-order valence-corrected chi connectivity index (χ4v) is 2.77. The van der Waals surface area contributed by atoms with Crippen LogP contribution < -0.4 is 10.6 Å². The standard InChI is InChI=1S/C15H18ClF2N3O2/c1-2-21-8-9(6-12(21)22)7-19-15(23)20-11-5-3-4-10(13(11)16)14(17)18/h3-5,9,14H,2,6-8H2,1H3,(H2,19,20,23). The Morgan fingerprint density at radius 2 is 2.22 bits per heavy atom. The van der Waals surface area contributed by atoms with Crippen LogP contribution >= 0.6 is 11.6 Å². The molecule has 23 heavy (non-hydrogen) atoms. The van der Waals surface area contributed by atoms with Crippen molar-refractivity contribution in [3.05, 3.63) is 28.8 Å². The number of alkyl halides is 2. The van der Waals surface area contributed by atoms with Gasteiger partial charge in [-0.05, 0) is 13.0 Å². The fourth-order valence-electron chi connectivity index (χ4n) is 2.51. The van der Waals surface area contributed by atoms with Crippen molar-refractivity contribution in [2.24, 2.45) is 5.92 Å². The van der Waals surface area contributed by atoms with E-state index < -0.39 is 12.5 Å². The van der Waals surface area contributed by atoms with Crippen LogP contribution in [0.3, 0.4) is 0 Å². The average Bonchev–Trinajstić information content (AvgIpc) is 2.87. The maximum Gasteiger partial charge on any atom is 0.319 e. The van der Waals surface area contributed by atoms with Crippen molar-refractivity contribution in [1.82, 2.24) is 10.2 Å². The first-order valence-electron chi connectivity index (χ1n) is 7.31. The number of halogens is 3. The molecule has 1 aromatic carbocycles. The Balaban J connectivity index is 1.89. The van der Waals surface area contributed by atoms with E-state index in [1.807, 2.05) is 6.92 Å². The third kappa shape index (κ3) is 4.31. The van der Waals surface area contributed by atoms with Crippen LogP contribution in [-0.4, -0.2) is 36.5 Å². The van der Waals surface area contributed by atoms with Gasteiger partial charge in [0.25, 0.3) is 6.43 Å². The second-order valence-corrected chi connectivity index (χ2v) is 5.72. The van der Waals surface area contributed by atoms with Crippen LogP contribution in [0.2, 0.25) is 5.02 Å². The second-order valence-electron chi connectivity index (χ2n) is 5.35. The molecule has 1 aliphatic heterocycles. The Bertz CT molecular complexity index is 598. The molecule has 2 N–H and O–H groups in total. The smallest absolute Gasteiger partial charge is 0.319 e. The average molecular weight is 346 g/mol. The van der Waals surface area contributed by atoms with Gasteiger partial charge >= 0.3 is 6.03 Å². The highest BCUT2D eigenvalue weighted by Gasteiger charge is 2.28. The molecule has 1 atom stereocenters. The van der Waals surface area contributed by atoms with E-state index in [1.165, 1.54) is 18.2 Å². The van der Waals surface area contributed by atoms with E-state index in [-0.39, 0.29) is 28.1 Å². The van der Waals surface area contributed by atoms with E-state index in [2.05, 4.69) is 10.6 Å². The minimum Gasteiger partial charge on any atom is -0.343 e. The lowest BCUT2D eigenvalue weighted by molar-refractivity contribution is -0.127. The number of urea groups is 1. The molecule has 5 nitrogen and oxygen atoms in total. The van der Waals surface area contributed by atoms with Crippen molar-refractivity contribution in [1.29, 1.82) is 0 Å². The maximum atomic E-state index is 12.8. The Morgan fingerprint density at radius 3 is 2.83 bits per heavy atom. The summed E-state index contributed by atoms with van der Waals surface area (Å²) in [4.78, 5) is 25.2. The summed E-state index contributed by atoms with van der Waals surface area (Å²) in [5, 5.41) is 4.92. The molecule has 1 fully saturated rings. The van der Waals surface area contributed by atoms with Crippen molar-refractivity contribution in [2.45, 2.75) is 19.8 Å². The summed E-state index contributed by atoms with van der Waals surface area (Å²) >= 11 is 5.86. The number of likely N-dealkylation sites (tertiary alicyclic amines) is 1. The van der Waals surface area contributed by atoms with Crippen LogP contribution in [0.5, 0.6) is 0 Å². The van der Waals surface area contributed by atoms with E-state index in [4.69, 9.17) is 11.6 Å². The van der Waals surface area contributed by atoms with E-state index in [1.54, 1.807) is 4.90 Å². The van der Waals surface area contributed by atoms with E-state index in [0.29, 0.717) is 26.1 Å². The molecular formula is C15H18ClF2N3O2. The van der Waals surface area contributed by atoms with Crippen LogP contribution in [0, 0.1) is 5.92 Å². The summed E-state index contributed by atoms with van der Waals surface area (Å²) in [6.45, 7) is 3.49. The number of hydrogen-bond acceptors (Lipinski definition) is 2. The van der Waals surface area contributed by atoms with Crippen molar-refractivity contribution in [3.8, 4) is 0 Å². The molecule has 0 aliphatic carbocycles. The van der Waals surface area contributed by atoms with Gasteiger partial charge in [-0.25, -0.2) is 13.6 Å². The first-order valence-corrected chi connectivity index (χ1v) is 7.69. The highest BCUT2D eigenvalue weighted by Crippen LogP contribution is 2.32. The van der Waals surface area contributed by atoms with Gasteiger partial charge in [-0.3, -0.25) is 4.79 Å². The zero-order chi connectivity index (χ0) is 17.0. The van der Waals surface area contributed by atoms with Gasteiger partial charge in [-0.2, -0.15) is 0 Å². The highest BCUT2D eigenvalue weighted by atomic mass is 35.5. The predicted octanol–water partition coefficient (Wildman–Crippen LogP) is 3.27. The summed E-state index contributed by atoms with van der Waals surface area (Å²) in [7, 11) is 0.